The number of carbonyl (C=O) groups is 1. The Bertz CT molecular complexity index is 456. The molecule has 6 heteroatoms. The highest BCUT2D eigenvalue weighted by molar-refractivity contribution is 5.76. The zero-order valence-corrected chi connectivity index (χ0v) is 9.96. The number of aliphatic hydroxyl groups excluding tert-OH is 1. The Labute approximate surface area is 99.3 Å². The summed E-state index contributed by atoms with van der Waals surface area (Å²) < 4.78 is 1.25. The second kappa shape index (κ2) is 5.49. The largest absolute Gasteiger partial charge is 0.398 e. The van der Waals surface area contributed by atoms with Crippen molar-refractivity contribution >= 4 is 11.6 Å². The van der Waals surface area contributed by atoms with Crippen LogP contribution in [0.25, 0.3) is 0 Å². The van der Waals surface area contributed by atoms with Gasteiger partial charge in [0.25, 0.3) is 5.56 Å². The predicted octanol–water partition coefficient (Wildman–Crippen LogP) is -0.730. The topological polar surface area (TPSA) is 88.6 Å². The Morgan fingerprint density at radius 2 is 2.24 bits per heavy atom. The molecular weight excluding hydrogens is 222 g/mol. The van der Waals surface area contributed by atoms with Crippen molar-refractivity contribution in [3.8, 4) is 0 Å². The monoisotopic (exact) mass is 239 g/mol. The number of nitrogens with zero attached hydrogens (tertiary/aromatic N) is 2. The van der Waals surface area contributed by atoms with Gasteiger partial charge in [0, 0.05) is 25.0 Å². The summed E-state index contributed by atoms with van der Waals surface area (Å²) in [5.74, 6) is -0.251. The van der Waals surface area contributed by atoms with Crippen LogP contribution in [0.5, 0.6) is 0 Å². The van der Waals surface area contributed by atoms with Crippen molar-refractivity contribution in [2.75, 3.05) is 19.4 Å². The standard InChI is InChI=1S/C11H17N3O3/c1-8(7-15)13(2)11(17)6-14-5-9(12)3-4-10(14)16/h3-5,8,15H,6-7,12H2,1-2H3. The molecule has 1 amide bonds. The van der Waals surface area contributed by atoms with Crippen molar-refractivity contribution in [3.05, 3.63) is 28.7 Å². The zero-order chi connectivity index (χ0) is 13.0. The average molecular weight is 239 g/mol. The number of hydrogen-bond acceptors (Lipinski definition) is 4. The predicted molar refractivity (Wildman–Crippen MR) is 64.4 cm³/mol. The van der Waals surface area contributed by atoms with Crippen LogP contribution < -0.4 is 11.3 Å². The molecule has 1 heterocycles. The lowest BCUT2D eigenvalue weighted by molar-refractivity contribution is -0.133. The number of nitrogen functional groups attached to an aromatic ring is 1. The van der Waals surface area contributed by atoms with E-state index in [1.54, 1.807) is 14.0 Å². The van der Waals surface area contributed by atoms with Gasteiger partial charge < -0.3 is 20.3 Å². The third-order valence-electron chi connectivity index (χ3n) is 2.63. The van der Waals surface area contributed by atoms with Gasteiger partial charge in [0.1, 0.15) is 6.54 Å². The molecule has 0 aliphatic rings. The first-order valence-electron chi connectivity index (χ1n) is 5.28. The Balaban J connectivity index is 2.81. The van der Waals surface area contributed by atoms with Gasteiger partial charge in [-0.15, -0.1) is 0 Å². The fourth-order valence-corrected chi connectivity index (χ4v) is 1.30. The van der Waals surface area contributed by atoms with E-state index in [9.17, 15) is 9.59 Å². The lowest BCUT2D eigenvalue weighted by Crippen LogP contribution is -2.40. The maximum atomic E-state index is 11.8. The molecule has 1 aromatic heterocycles. The molecular formula is C11H17N3O3. The van der Waals surface area contributed by atoms with Crippen molar-refractivity contribution in [2.45, 2.75) is 19.5 Å². The summed E-state index contributed by atoms with van der Waals surface area (Å²) in [6.45, 7) is 1.53. The molecule has 3 N–H and O–H groups in total. The summed E-state index contributed by atoms with van der Waals surface area (Å²) in [6.07, 6.45) is 1.43. The number of carbonyl (C=O) groups excluding carboxylic acids is 1. The minimum atomic E-state index is -0.280. The normalized spacial score (nSPS) is 12.2. The molecule has 94 valence electrons. The highest BCUT2D eigenvalue weighted by Gasteiger charge is 2.15. The molecule has 0 saturated carbocycles. The Morgan fingerprint density at radius 1 is 1.59 bits per heavy atom. The van der Waals surface area contributed by atoms with Crippen molar-refractivity contribution < 1.29 is 9.90 Å². The summed E-state index contributed by atoms with van der Waals surface area (Å²) in [4.78, 5) is 24.6. The first-order chi connectivity index (χ1) is 7.95. The third-order valence-corrected chi connectivity index (χ3v) is 2.63. The van der Waals surface area contributed by atoms with Gasteiger partial charge in [-0.05, 0) is 13.0 Å². The molecule has 1 unspecified atom stereocenters. The van der Waals surface area contributed by atoms with Gasteiger partial charge in [-0.25, -0.2) is 0 Å². The van der Waals surface area contributed by atoms with Gasteiger partial charge in [0.05, 0.1) is 12.6 Å². The van der Waals surface area contributed by atoms with Crippen LogP contribution in [0, 0.1) is 0 Å². The van der Waals surface area contributed by atoms with Crippen LogP contribution in [0.2, 0.25) is 0 Å². The van der Waals surface area contributed by atoms with Crippen LogP contribution in [0.3, 0.4) is 0 Å². The van der Waals surface area contributed by atoms with Gasteiger partial charge in [0.2, 0.25) is 5.91 Å². The molecule has 0 aromatic carbocycles. The second-order valence-corrected chi connectivity index (χ2v) is 3.96. The lowest BCUT2D eigenvalue weighted by atomic mass is 10.3. The van der Waals surface area contributed by atoms with Crippen LogP contribution in [0.4, 0.5) is 5.69 Å². The zero-order valence-electron chi connectivity index (χ0n) is 9.96. The summed E-state index contributed by atoms with van der Waals surface area (Å²) in [5.41, 5.74) is 5.69. The quantitative estimate of drug-likeness (QED) is 0.725. The highest BCUT2D eigenvalue weighted by Crippen LogP contribution is 1.99. The molecule has 1 aromatic rings. The van der Waals surface area contributed by atoms with Crippen molar-refractivity contribution in [2.24, 2.45) is 0 Å². The van der Waals surface area contributed by atoms with Gasteiger partial charge in [-0.3, -0.25) is 9.59 Å². The van der Waals surface area contributed by atoms with E-state index >= 15 is 0 Å². The van der Waals surface area contributed by atoms with Crippen molar-refractivity contribution in [1.82, 2.24) is 9.47 Å². The first-order valence-corrected chi connectivity index (χ1v) is 5.28. The number of pyridine rings is 1. The first kappa shape index (κ1) is 13.2. The Morgan fingerprint density at radius 3 is 2.82 bits per heavy atom. The van der Waals surface area contributed by atoms with Gasteiger partial charge in [-0.2, -0.15) is 0 Å². The third kappa shape index (κ3) is 3.32. The summed E-state index contributed by atoms with van der Waals surface area (Å²) in [6, 6.07) is 2.53. The van der Waals surface area contributed by atoms with E-state index in [0.29, 0.717) is 5.69 Å². The van der Waals surface area contributed by atoms with Gasteiger partial charge in [-0.1, -0.05) is 0 Å². The Hall–Kier alpha value is -1.82. The SMILES string of the molecule is CC(CO)N(C)C(=O)Cn1cc(N)ccc1=O. The van der Waals surface area contributed by atoms with Crippen LogP contribution in [0.1, 0.15) is 6.92 Å². The molecule has 0 saturated heterocycles. The Kier molecular flexibility index (Phi) is 4.28. The summed E-state index contributed by atoms with van der Waals surface area (Å²) in [7, 11) is 1.58. The number of aromatic nitrogens is 1. The van der Waals surface area contributed by atoms with E-state index < -0.39 is 0 Å². The minimum absolute atomic E-state index is 0.0787. The van der Waals surface area contributed by atoms with E-state index in [1.807, 2.05) is 0 Å². The van der Waals surface area contributed by atoms with E-state index in [2.05, 4.69) is 0 Å². The number of hydrogen-bond donors (Lipinski definition) is 2. The van der Waals surface area contributed by atoms with Crippen LogP contribution in [-0.4, -0.2) is 40.2 Å². The molecule has 17 heavy (non-hydrogen) atoms. The molecule has 0 spiro atoms. The smallest absolute Gasteiger partial charge is 0.251 e. The number of likely N-dealkylation sites (N-methyl/N-ethyl adjacent to an activating group) is 1. The molecule has 6 nitrogen and oxygen atoms in total. The number of anilines is 1. The summed E-state index contributed by atoms with van der Waals surface area (Å²) in [5, 5.41) is 8.94. The van der Waals surface area contributed by atoms with Crippen LogP contribution in [0.15, 0.2) is 23.1 Å². The van der Waals surface area contributed by atoms with Gasteiger partial charge >= 0.3 is 0 Å². The summed E-state index contributed by atoms with van der Waals surface area (Å²) >= 11 is 0. The van der Waals surface area contributed by atoms with E-state index in [4.69, 9.17) is 10.8 Å². The maximum Gasteiger partial charge on any atom is 0.251 e. The molecule has 0 radical (unpaired) electrons. The number of rotatable bonds is 4. The van der Waals surface area contributed by atoms with Gasteiger partial charge in [0.15, 0.2) is 0 Å². The second-order valence-electron chi connectivity index (χ2n) is 3.96. The van der Waals surface area contributed by atoms with Crippen LogP contribution >= 0.6 is 0 Å². The van der Waals surface area contributed by atoms with Crippen molar-refractivity contribution in [1.29, 1.82) is 0 Å². The number of amides is 1. The fraction of sp³-hybridized carbons (Fsp3) is 0.455. The molecule has 0 fully saturated rings. The van der Waals surface area contributed by atoms with E-state index in [0.717, 1.165) is 0 Å². The average Bonchev–Trinajstić information content (AvgIpc) is 2.31. The van der Waals surface area contributed by atoms with Crippen LogP contribution in [-0.2, 0) is 11.3 Å². The van der Waals surface area contributed by atoms with E-state index in [-0.39, 0.29) is 30.7 Å². The molecule has 1 rings (SSSR count). The minimum Gasteiger partial charge on any atom is -0.398 e. The molecule has 0 aliphatic heterocycles. The number of aliphatic hydroxyl groups is 1. The maximum absolute atomic E-state index is 11.8. The highest BCUT2D eigenvalue weighted by atomic mass is 16.3. The molecule has 0 bridgehead atoms. The fourth-order valence-electron chi connectivity index (χ4n) is 1.30. The number of nitrogens with two attached hydrogens (primary N) is 1. The van der Waals surface area contributed by atoms with E-state index in [1.165, 1.54) is 27.8 Å². The molecule has 0 aliphatic carbocycles. The lowest BCUT2D eigenvalue weighted by Gasteiger charge is -2.23. The van der Waals surface area contributed by atoms with Crippen molar-refractivity contribution in [3.63, 3.8) is 0 Å². The molecule has 1 atom stereocenters.